The van der Waals surface area contributed by atoms with Crippen LogP contribution < -0.4 is 10.1 Å². The van der Waals surface area contributed by atoms with Crippen molar-refractivity contribution in [1.29, 1.82) is 0 Å². The molecule has 37 heavy (non-hydrogen) atoms. The molecule has 0 unspecified atom stereocenters. The van der Waals surface area contributed by atoms with Gasteiger partial charge in [-0.15, -0.1) is 0 Å². The molecule has 3 heterocycles. The summed E-state index contributed by atoms with van der Waals surface area (Å²) in [6, 6.07) is 16.9. The smallest absolute Gasteiger partial charge is 0.272 e. The summed E-state index contributed by atoms with van der Waals surface area (Å²) in [5.41, 5.74) is 6.57. The Morgan fingerprint density at radius 1 is 1.08 bits per heavy atom. The van der Waals surface area contributed by atoms with Gasteiger partial charge in [0.05, 0.1) is 13.7 Å². The van der Waals surface area contributed by atoms with E-state index in [0.29, 0.717) is 12.2 Å². The van der Waals surface area contributed by atoms with E-state index in [-0.39, 0.29) is 11.9 Å². The van der Waals surface area contributed by atoms with Gasteiger partial charge in [0.1, 0.15) is 5.75 Å². The SMILES string of the molecule is COc1ccc(Cn2nc(C(=O)NC3CCCC3)c3c2CCN(Cc2cn(C)c4ccccc24)C3)cc1. The largest absolute Gasteiger partial charge is 0.497 e. The number of benzene rings is 2. The molecule has 0 saturated heterocycles. The Bertz CT molecular complexity index is 1410. The average Bonchev–Trinajstić information content (AvgIpc) is 3.63. The molecular weight excluding hydrogens is 462 g/mol. The van der Waals surface area contributed by atoms with E-state index >= 15 is 0 Å². The third-order valence-electron chi connectivity index (χ3n) is 7.98. The number of nitrogens with zero attached hydrogens (tertiary/aromatic N) is 4. The van der Waals surface area contributed by atoms with E-state index in [1.807, 2.05) is 12.1 Å². The summed E-state index contributed by atoms with van der Waals surface area (Å²) in [5, 5.41) is 9.48. The second-order valence-corrected chi connectivity index (χ2v) is 10.5. The Morgan fingerprint density at radius 3 is 2.65 bits per heavy atom. The number of methoxy groups -OCH3 is 1. The van der Waals surface area contributed by atoms with Gasteiger partial charge in [0.15, 0.2) is 5.69 Å². The van der Waals surface area contributed by atoms with Gasteiger partial charge in [-0.1, -0.05) is 43.2 Å². The number of nitrogens with one attached hydrogen (secondary N) is 1. The predicted molar refractivity (Wildman–Crippen MR) is 145 cm³/mol. The first-order valence-corrected chi connectivity index (χ1v) is 13.4. The fraction of sp³-hybridized carbons (Fsp3) is 0.400. The van der Waals surface area contributed by atoms with Crippen molar-refractivity contribution in [1.82, 2.24) is 24.6 Å². The summed E-state index contributed by atoms with van der Waals surface area (Å²) in [6.45, 7) is 3.17. The van der Waals surface area contributed by atoms with Crippen LogP contribution in [0.4, 0.5) is 0 Å². The molecule has 1 N–H and O–H groups in total. The molecule has 7 nitrogen and oxygen atoms in total. The van der Waals surface area contributed by atoms with Gasteiger partial charge in [-0.05, 0) is 42.2 Å². The summed E-state index contributed by atoms with van der Waals surface area (Å²) in [7, 11) is 3.78. The van der Waals surface area contributed by atoms with Crippen molar-refractivity contribution in [3.63, 3.8) is 0 Å². The Labute approximate surface area is 218 Å². The van der Waals surface area contributed by atoms with Gasteiger partial charge in [0.25, 0.3) is 5.91 Å². The van der Waals surface area contributed by atoms with E-state index in [1.54, 1.807) is 7.11 Å². The number of amides is 1. The molecule has 1 amide bonds. The Hall–Kier alpha value is -3.58. The third kappa shape index (κ3) is 4.76. The van der Waals surface area contributed by atoms with Crippen LogP contribution in [0.15, 0.2) is 54.7 Å². The lowest BCUT2D eigenvalue weighted by atomic mass is 10.0. The van der Waals surface area contributed by atoms with Crippen LogP contribution in [0.2, 0.25) is 0 Å². The first-order chi connectivity index (χ1) is 18.1. The maximum absolute atomic E-state index is 13.4. The fourth-order valence-electron chi connectivity index (χ4n) is 6.02. The molecular formula is C30H35N5O2. The number of aromatic nitrogens is 3. The van der Waals surface area contributed by atoms with Crippen LogP contribution in [0.5, 0.6) is 5.75 Å². The molecule has 1 aliphatic heterocycles. The fourth-order valence-corrected chi connectivity index (χ4v) is 6.02. The van der Waals surface area contributed by atoms with Crippen molar-refractivity contribution in [2.75, 3.05) is 13.7 Å². The van der Waals surface area contributed by atoms with Crippen molar-refractivity contribution < 1.29 is 9.53 Å². The lowest BCUT2D eigenvalue weighted by Crippen LogP contribution is -2.35. The molecule has 7 heteroatoms. The maximum atomic E-state index is 13.4. The molecule has 4 aromatic rings. The van der Waals surface area contributed by atoms with Crippen LogP contribution >= 0.6 is 0 Å². The molecule has 192 valence electrons. The minimum Gasteiger partial charge on any atom is -0.497 e. The van der Waals surface area contributed by atoms with Crippen LogP contribution in [-0.2, 0) is 33.1 Å². The number of para-hydroxylation sites is 1. The minimum atomic E-state index is -0.0244. The molecule has 2 aliphatic rings. The van der Waals surface area contributed by atoms with Gasteiger partial charge in [0, 0.05) is 67.5 Å². The zero-order valence-electron chi connectivity index (χ0n) is 21.7. The molecule has 2 aromatic carbocycles. The number of rotatable bonds is 7. The second-order valence-electron chi connectivity index (χ2n) is 10.5. The van der Waals surface area contributed by atoms with Gasteiger partial charge < -0.3 is 14.6 Å². The summed E-state index contributed by atoms with van der Waals surface area (Å²) in [4.78, 5) is 15.9. The summed E-state index contributed by atoms with van der Waals surface area (Å²) in [6.07, 6.45) is 7.61. The van der Waals surface area contributed by atoms with Crippen molar-refractivity contribution in [2.45, 2.75) is 57.8 Å². The highest BCUT2D eigenvalue weighted by Gasteiger charge is 2.30. The van der Waals surface area contributed by atoms with Crippen LogP contribution in [0, 0.1) is 0 Å². The molecule has 1 saturated carbocycles. The monoisotopic (exact) mass is 497 g/mol. The predicted octanol–water partition coefficient (Wildman–Crippen LogP) is 4.66. The minimum absolute atomic E-state index is 0.0244. The van der Waals surface area contributed by atoms with Gasteiger partial charge in [-0.2, -0.15) is 5.10 Å². The highest BCUT2D eigenvalue weighted by atomic mass is 16.5. The Kier molecular flexibility index (Phi) is 6.47. The van der Waals surface area contributed by atoms with Gasteiger partial charge >= 0.3 is 0 Å². The van der Waals surface area contributed by atoms with Crippen LogP contribution in [0.1, 0.15) is 58.6 Å². The Balaban J connectivity index is 1.28. The van der Waals surface area contributed by atoms with Gasteiger partial charge in [-0.25, -0.2) is 0 Å². The summed E-state index contributed by atoms with van der Waals surface area (Å²) >= 11 is 0. The molecule has 0 bridgehead atoms. The van der Waals surface area contributed by atoms with Crippen LogP contribution in [0.25, 0.3) is 10.9 Å². The number of fused-ring (bicyclic) bond motifs is 2. The van der Waals surface area contributed by atoms with Crippen molar-refractivity contribution >= 4 is 16.8 Å². The zero-order chi connectivity index (χ0) is 25.4. The van der Waals surface area contributed by atoms with E-state index < -0.39 is 0 Å². The molecule has 0 atom stereocenters. The lowest BCUT2D eigenvalue weighted by molar-refractivity contribution is 0.0929. The number of ether oxygens (including phenoxy) is 1. The van der Waals surface area contributed by atoms with E-state index in [1.165, 1.54) is 35.0 Å². The quantitative estimate of drug-likeness (QED) is 0.403. The summed E-state index contributed by atoms with van der Waals surface area (Å²) < 4.78 is 9.57. The number of aryl methyl sites for hydroxylation is 1. The molecule has 0 radical (unpaired) electrons. The molecule has 6 rings (SSSR count). The van der Waals surface area contributed by atoms with E-state index in [9.17, 15) is 4.79 Å². The number of carbonyl (C=O) groups is 1. The van der Waals surface area contributed by atoms with Gasteiger partial charge in [0.2, 0.25) is 0 Å². The number of hydrogen-bond donors (Lipinski definition) is 1. The van der Waals surface area contributed by atoms with E-state index in [0.717, 1.165) is 55.8 Å². The summed E-state index contributed by atoms with van der Waals surface area (Å²) in [5.74, 6) is 0.815. The number of hydrogen-bond acceptors (Lipinski definition) is 4. The van der Waals surface area contributed by atoms with Gasteiger partial charge in [-0.3, -0.25) is 14.4 Å². The zero-order valence-corrected chi connectivity index (χ0v) is 21.7. The number of carbonyl (C=O) groups excluding carboxylic acids is 1. The second kappa shape index (κ2) is 10.1. The van der Waals surface area contributed by atoms with Crippen LogP contribution in [0.3, 0.4) is 0 Å². The standard InChI is InChI=1S/C30H35N5O2/c1-33-18-22(25-9-5-6-10-27(25)33)19-34-16-15-28-26(20-34)29(30(36)31-23-7-3-4-8-23)32-35(28)17-21-11-13-24(37-2)14-12-21/h5-6,9-14,18,23H,3-4,7-8,15-17,19-20H2,1-2H3,(H,31,36). The first kappa shape index (κ1) is 23.8. The highest BCUT2D eigenvalue weighted by molar-refractivity contribution is 5.94. The van der Waals surface area contributed by atoms with Crippen LogP contribution in [-0.4, -0.2) is 44.9 Å². The van der Waals surface area contributed by atoms with Crippen molar-refractivity contribution in [2.24, 2.45) is 7.05 Å². The molecule has 0 spiro atoms. The molecule has 1 fully saturated rings. The lowest BCUT2D eigenvalue weighted by Gasteiger charge is -2.27. The third-order valence-corrected chi connectivity index (χ3v) is 7.98. The normalized spacial score (nSPS) is 16.3. The molecule has 2 aromatic heterocycles. The Morgan fingerprint density at radius 2 is 1.86 bits per heavy atom. The maximum Gasteiger partial charge on any atom is 0.272 e. The first-order valence-electron chi connectivity index (χ1n) is 13.4. The van der Waals surface area contributed by atoms with Crippen molar-refractivity contribution in [3.8, 4) is 5.75 Å². The molecule has 1 aliphatic carbocycles. The highest BCUT2D eigenvalue weighted by Crippen LogP contribution is 2.28. The van der Waals surface area contributed by atoms with Crippen molar-refractivity contribution in [3.05, 3.63) is 82.8 Å². The average molecular weight is 498 g/mol. The van der Waals surface area contributed by atoms with E-state index in [4.69, 9.17) is 9.84 Å². The topological polar surface area (TPSA) is 64.3 Å². The van der Waals surface area contributed by atoms with E-state index in [2.05, 4.69) is 69.1 Å².